The molecule has 1 atom stereocenters. The van der Waals surface area contributed by atoms with E-state index in [9.17, 15) is 22.0 Å². The Kier molecular flexibility index (Phi) is 6.99. The first kappa shape index (κ1) is 27.5. The first-order valence-electron chi connectivity index (χ1n) is 12.5. The molecule has 40 heavy (non-hydrogen) atoms. The first-order valence-corrected chi connectivity index (χ1v) is 14.4. The van der Waals surface area contributed by atoms with Crippen LogP contribution in [0.4, 0.5) is 13.6 Å². The highest BCUT2D eigenvalue weighted by atomic mass is 32.2. The smallest absolute Gasteiger partial charge is 0.410 e. The first-order chi connectivity index (χ1) is 18.8. The number of nitrogens with zero attached hydrogens (tertiary/aromatic N) is 4. The zero-order chi connectivity index (χ0) is 28.8. The Balaban J connectivity index is 1.66. The van der Waals surface area contributed by atoms with Crippen molar-refractivity contribution >= 4 is 27.0 Å². The fraction of sp³-hybridized carbons (Fsp3) is 0.321. The van der Waals surface area contributed by atoms with Crippen LogP contribution in [-0.4, -0.2) is 59.0 Å². The van der Waals surface area contributed by atoms with Crippen LogP contribution in [-0.2, 0) is 21.1 Å². The maximum atomic E-state index is 13.3. The third kappa shape index (κ3) is 5.62. The third-order valence-electron chi connectivity index (χ3n) is 6.39. The number of hydrogen-bond donors (Lipinski definition) is 0. The Morgan fingerprint density at radius 1 is 1.07 bits per heavy atom. The summed E-state index contributed by atoms with van der Waals surface area (Å²) >= 11 is 0. The molecule has 4 aromatic rings. The number of hydrogen-bond acceptors (Lipinski definition) is 7. The van der Waals surface area contributed by atoms with E-state index in [0.717, 1.165) is 6.26 Å². The fourth-order valence-corrected chi connectivity index (χ4v) is 5.35. The maximum Gasteiger partial charge on any atom is 0.410 e. The van der Waals surface area contributed by atoms with Crippen molar-refractivity contribution in [3.8, 4) is 16.9 Å². The van der Waals surface area contributed by atoms with Crippen molar-refractivity contribution < 1.29 is 31.5 Å². The van der Waals surface area contributed by atoms with Gasteiger partial charge < -0.3 is 14.0 Å². The summed E-state index contributed by atoms with van der Waals surface area (Å²) in [5.74, 6) is 0.525. The molecule has 0 spiro atoms. The van der Waals surface area contributed by atoms with Crippen LogP contribution in [0.5, 0.6) is 5.75 Å². The fourth-order valence-electron chi connectivity index (χ4n) is 4.76. The second-order valence-corrected chi connectivity index (χ2v) is 12.5. The van der Waals surface area contributed by atoms with Crippen molar-refractivity contribution in [2.45, 2.75) is 50.6 Å². The van der Waals surface area contributed by atoms with Gasteiger partial charge in [0.25, 0.3) is 0 Å². The van der Waals surface area contributed by atoms with Crippen molar-refractivity contribution in [3.63, 3.8) is 0 Å². The number of sulfone groups is 1. The second kappa shape index (κ2) is 10.2. The number of rotatable bonds is 5. The summed E-state index contributed by atoms with van der Waals surface area (Å²) in [6, 6.07) is 14.5. The van der Waals surface area contributed by atoms with Gasteiger partial charge in [0.05, 0.1) is 23.6 Å². The lowest BCUT2D eigenvalue weighted by Gasteiger charge is -2.36. The van der Waals surface area contributed by atoms with Gasteiger partial charge in [0.2, 0.25) is 0 Å². The lowest BCUT2D eigenvalue weighted by Crippen LogP contribution is -2.44. The lowest BCUT2D eigenvalue weighted by molar-refractivity contribution is -0.0509. The zero-order valence-corrected chi connectivity index (χ0v) is 23.2. The molecule has 0 aliphatic carbocycles. The van der Waals surface area contributed by atoms with Gasteiger partial charge >= 0.3 is 12.7 Å². The van der Waals surface area contributed by atoms with Gasteiger partial charge in [-0.1, -0.05) is 24.3 Å². The lowest BCUT2D eigenvalue weighted by atomic mass is 10.0. The molecule has 0 bridgehead atoms. The molecule has 9 nitrogen and oxygen atoms in total. The van der Waals surface area contributed by atoms with E-state index in [0.29, 0.717) is 33.5 Å². The molecule has 0 radical (unpaired) electrons. The largest absolute Gasteiger partial charge is 0.444 e. The van der Waals surface area contributed by atoms with Gasteiger partial charge in [0, 0.05) is 24.6 Å². The number of alkyl halides is 2. The summed E-state index contributed by atoms with van der Waals surface area (Å²) in [5, 5.41) is -0.0515. The Hall–Kier alpha value is -4.06. The highest BCUT2D eigenvalue weighted by Gasteiger charge is 2.35. The van der Waals surface area contributed by atoms with Crippen LogP contribution in [0.25, 0.3) is 22.2 Å². The van der Waals surface area contributed by atoms with Crippen LogP contribution in [0.2, 0.25) is 0 Å². The van der Waals surface area contributed by atoms with Crippen LogP contribution in [0.1, 0.15) is 38.2 Å². The summed E-state index contributed by atoms with van der Waals surface area (Å²) < 4.78 is 63.2. The van der Waals surface area contributed by atoms with E-state index in [4.69, 9.17) is 14.5 Å². The van der Waals surface area contributed by atoms with Crippen LogP contribution >= 0.6 is 0 Å². The van der Waals surface area contributed by atoms with Crippen molar-refractivity contribution in [2.24, 2.45) is 0 Å². The maximum absolute atomic E-state index is 13.3. The minimum atomic E-state index is -3.52. The van der Waals surface area contributed by atoms with Gasteiger partial charge in [-0.05, 0) is 62.2 Å². The van der Waals surface area contributed by atoms with E-state index in [1.807, 2.05) is 16.7 Å². The molecule has 210 valence electrons. The normalized spacial score (nSPS) is 15.8. The van der Waals surface area contributed by atoms with Gasteiger partial charge in [-0.15, -0.1) is 0 Å². The van der Waals surface area contributed by atoms with Crippen LogP contribution in [0.15, 0.2) is 65.8 Å². The van der Waals surface area contributed by atoms with Crippen molar-refractivity contribution in [3.05, 3.63) is 72.2 Å². The van der Waals surface area contributed by atoms with Gasteiger partial charge in [-0.25, -0.2) is 23.2 Å². The summed E-state index contributed by atoms with van der Waals surface area (Å²) in [5.41, 5.74) is 2.38. The van der Waals surface area contributed by atoms with Crippen LogP contribution < -0.4 is 4.74 Å². The number of aromatic nitrogens is 3. The highest BCUT2D eigenvalue weighted by Crippen LogP contribution is 2.38. The second-order valence-electron chi connectivity index (χ2n) is 10.5. The molecule has 1 aliphatic heterocycles. The molecule has 12 heteroatoms. The van der Waals surface area contributed by atoms with Gasteiger partial charge in [0.15, 0.2) is 14.9 Å². The summed E-state index contributed by atoms with van der Waals surface area (Å²) in [6.07, 6.45) is 1.98. The highest BCUT2D eigenvalue weighted by molar-refractivity contribution is 7.90. The van der Waals surface area contributed by atoms with Gasteiger partial charge in [-0.2, -0.15) is 8.78 Å². The minimum absolute atomic E-state index is 0.00980. The van der Waals surface area contributed by atoms with Crippen LogP contribution in [0.3, 0.4) is 0 Å². The molecule has 0 unspecified atom stereocenters. The number of ether oxygens (including phenoxy) is 2. The Morgan fingerprint density at radius 3 is 2.50 bits per heavy atom. The molecular formula is C28H28F2N4O5S. The number of carbonyl (C=O) groups excluding carboxylic acids is 1. The quantitative estimate of drug-likeness (QED) is 0.315. The van der Waals surface area contributed by atoms with E-state index < -0.39 is 34.2 Å². The third-order valence-corrected chi connectivity index (χ3v) is 7.38. The summed E-state index contributed by atoms with van der Waals surface area (Å²) in [7, 11) is -3.52. The van der Waals surface area contributed by atoms with Crippen LogP contribution in [0, 0.1) is 0 Å². The molecule has 0 fully saturated rings. The average Bonchev–Trinajstić information content (AvgIpc) is 3.24. The number of para-hydroxylation sites is 1. The number of halogens is 2. The predicted molar refractivity (Wildman–Crippen MR) is 144 cm³/mol. The topological polar surface area (TPSA) is 104 Å². The Morgan fingerprint density at radius 2 is 1.80 bits per heavy atom. The minimum Gasteiger partial charge on any atom is -0.444 e. The molecule has 5 rings (SSSR count). The molecule has 2 aromatic carbocycles. The number of fused-ring (bicyclic) bond motifs is 3. The number of imidazole rings is 1. The summed E-state index contributed by atoms with van der Waals surface area (Å²) in [6.45, 7) is 2.53. The SMILES string of the molecule is CC(C)(C)OC(=O)N1Cc2nc3ccc(-c4ccnc(S(C)(=O)=O)c4)cc3n2[C@@H](c2ccccc2OC(F)F)C1. The molecule has 1 amide bonds. The number of carbonyl (C=O) groups is 1. The Labute approximate surface area is 230 Å². The molecule has 0 saturated carbocycles. The van der Waals surface area contributed by atoms with E-state index in [2.05, 4.69) is 4.98 Å². The van der Waals surface area contributed by atoms with Crippen molar-refractivity contribution in [1.82, 2.24) is 19.4 Å². The van der Waals surface area contributed by atoms with E-state index in [1.54, 1.807) is 51.1 Å². The van der Waals surface area contributed by atoms with Crippen molar-refractivity contribution in [1.29, 1.82) is 0 Å². The molecular weight excluding hydrogens is 542 g/mol. The van der Waals surface area contributed by atoms with Gasteiger partial charge in [0.1, 0.15) is 17.2 Å². The zero-order valence-electron chi connectivity index (χ0n) is 22.3. The number of amides is 1. The van der Waals surface area contributed by atoms with Gasteiger partial charge in [-0.3, -0.25) is 4.90 Å². The monoisotopic (exact) mass is 570 g/mol. The molecule has 0 saturated heterocycles. The standard InChI is InChI=1S/C28H28F2N4O5S/c1-28(2,3)39-27(35)33-15-22(19-7-5-6-8-23(19)38-26(29)30)34-21-13-17(9-10-20(21)32-24(34)16-33)18-11-12-31-25(14-18)40(4,36)37/h5-14,22,26H,15-16H2,1-4H3/t22-/m1/s1. The molecule has 3 heterocycles. The number of pyridine rings is 1. The molecule has 0 N–H and O–H groups in total. The molecule has 2 aromatic heterocycles. The van der Waals surface area contributed by atoms with E-state index in [1.165, 1.54) is 23.2 Å². The number of benzene rings is 2. The van der Waals surface area contributed by atoms with Crippen molar-refractivity contribution in [2.75, 3.05) is 12.8 Å². The predicted octanol–water partition coefficient (Wildman–Crippen LogP) is 5.44. The van der Waals surface area contributed by atoms with E-state index >= 15 is 0 Å². The average molecular weight is 571 g/mol. The summed E-state index contributed by atoms with van der Waals surface area (Å²) in [4.78, 5) is 23.3. The Bertz CT molecular complexity index is 1700. The van der Waals surface area contributed by atoms with E-state index in [-0.39, 0.29) is 23.9 Å². The molecule has 1 aliphatic rings.